The maximum atomic E-state index is 4.40. The number of imidazole rings is 1. The van der Waals surface area contributed by atoms with Gasteiger partial charge >= 0.3 is 0 Å². The van der Waals surface area contributed by atoms with E-state index in [1.807, 2.05) is 6.20 Å². The highest BCUT2D eigenvalue weighted by Crippen LogP contribution is 2.36. The van der Waals surface area contributed by atoms with Gasteiger partial charge in [-0.25, -0.2) is 4.98 Å². The summed E-state index contributed by atoms with van der Waals surface area (Å²) in [6.45, 7) is 1.06. The van der Waals surface area contributed by atoms with Gasteiger partial charge in [0.15, 0.2) is 0 Å². The van der Waals surface area contributed by atoms with Crippen molar-refractivity contribution < 1.29 is 0 Å². The lowest BCUT2D eigenvalue weighted by Gasteiger charge is -2.21. The second kappa shape index (κ2) is 4.92. The third kappa shape index (κ3) is 2.51. The van der Waals surface area contributed by atoms with Gasteiger partial charge in [-0.1, -0.05) is 0 Å². The zero-order valence-corrected chi connectivity index (χ0v) is 10.9. The van der Waals surface area contributed by atoms with Crippen LogP contribution >= 0.6 is 23.5 Å². The molecule has 0 bridgehead atoms. The van der Waals surface area contributed by atoms with Gasteiger partial charge in [0.2, 0.25) is 5.95 Å². The number of nitrogens with one attached hydrogen (secondary N) is 1. The first-order chi connectivity index (χ1) is 7.93. The summed E-state index contributed by atoms with van der Waals surface area (Å²) in [4.78, 5) is 4.40. The van der Waals surface area contributed by atoms with Gasteiger partial charge in [0.25, 0.3) is 0 Å². The molecule has 1 saturated heterocycles. The molecule has 3 nitrogen and oxygen atoms in total. The zero-order valence-electron chi connectivity index (χ0n) is 9.26. The predicted molar refractivity (Wildman–Crippen MR) is 72.6 cm³/mol. The van der Waals surface area contributed by atoms with E-state index < -0.39 is 0 Å². The number of hydrogen-bond donors (Lipinski definition) is 1. The molecule has 0 aromatic carbocycles. The van der Waals surface area contributed by atoms with Crippen LogP contribution in [0.25, 0.3) is 0 Å². The summed E-state index contributed by atoms with van der Waals surface area (Å²) in [6, 6.07) is 0.721. The van der Waals surface area contributed by atoms with Crippen molar-refractivity contribution in [3.05, 3.63) is 12.4 Å². The van der Waals surface area contributed by atoms with Crippen LogP contribution in [0.3, 0.4) is 0 Å². The average Bonchev–Trinajstić information content (AvgIpc) is 3.07. The predicted octanol–water partition coefficient (Wildman–Crippen LogP) is 2.48. The van der Waals surface area contributed by atoms with Crippen LogP contribution in [-0.4, -0.2) is 38.6 Å². The lowest BCUT2D eigenvalue weighted by Crippen LogP contribution is -2.24. The SMILES string of the molecule is c1cn(C2CC2)c(NCC2CSCCS2)n1. The van der Waals surface area contributed by atoms with E-state index in [1.165, 1.54) is 30.1 Å². The van der Waals surface area contributed by atoms with Gasteiger partial charge in [0.1, 0.15) is 0 Å². The molecule has 1 aliphatic heterocycles. The van der Waals surface area contributed by atoms with E-state index in [2.05, 4.69) is 44.6 Å². The van der Waals surface area contributed by atoms with Crippen molar-refractivity contribution in [2.24, 2.45) is 0 Å². The second-order valence-corrected chi connectivity index (χ2v) is 6.90. The minimum Gasteiger partial charge on any atom is -0.355 e. The topological polar surface area (TPSA) is 29.9 Å². The highest BCUT2D eigenvalue weighted by atomic mass is 32.2. The molecule has 2 heterocycles. The fourth-order valence-electron chi connectivity index (χ4n) is 1.96. The van der Waals surface area contributed by atoms with Crippen molar-refractivity contribution >= 4 is 29.5 Å². The Hall–Kier alpha value is -0.290. The Morgan fingerprint density at radius 1 is 1.44 bits per heavy atom. The molecule has 1 unspecified atom stereocenters. The van der Waals surface area contributed by atoms with Crippen LogP contribution in [0, 0.1) is 0 Å². The van der Waals surface area contributed by atoms with E-state index in [1.54, 1.807) is 0 Å². The van der Waals surface area contributed by atoms with Crippen LogP contribution in [0.4, 0.5) is 5.95 Å². The van der Waals surface area contributed by atoms with E-state index >= 15 is 0 Å². The molecule has 0 amide bonds. The Kier molecular flexibility index (Phi) is 3.33. The third-order valence-electron chi connectivity index (χ3n) is 2.98. The lowest BCUT2D eigenvalue weighted by molar-refractivity contribution is 0.742. The van der Waals surface area contributed by atoms with Crippen LogP contribution < -0.4 is 5.32 Å². The van der Waals surface area contributed by atoms with Gasteiger partial charge in [-0.2, -0.15) is 23.5 Å². The number of thioether (sulfide) groups is 2. The number of aromatic nitrogens is 2. The molecule has 16 heavy (non-hydrogen) atoms. The molecule has 2 fully saturated rings. The smallest absolute Gasteiger partial charge is 0.203 e. The monoisotopic (exact) mass is 255 g/mol. The number of rotatable bonds is 4. The Bertz CT molecular complexity index is 343. The first kappa shape index (κ1) is 10.8. The molecule has 1 atom stereocenters. The third-order valence-corrected chi connectivity index (χ3v) is 5.83. The lowest BCUT2D eigenvalue weighted by atomic mass is 10.4. The zero-order chi connectivity index (χ0) is 10.8. The minimum atomic E-state index is 0.721. The molecule has 2 aliphatic rings. The average molecular weight is 255 g/mol. The Morgan fingerprint density at radius 3 is 3.12 bits per heavy atom. The van der Waals surface area contributed by atoms with Crippen LogP contribution in [0.5, 0.6) is 0 Å². The number of hydrogen-bond acceptors (Lipinski definition) is 4. The highest BCUT2D eigenvalue weighted by Gasteiger charge is 2.25. The fraction of sp³-hybridized carbons (Fsp3) is 0.727. The Morgan fingerprint density at radius 2 is 2.38 bits per heavy atom. The summed E-state index contributed by atoms with van der Waals surface area (Å²) < 4.78 is 2.29. The fourth-order valence-corrected chi connectivity index (χ4v) is 4.57. The molecule has 5 heteroatoms. The molecule has 3 rings (SSSR count). The van der Waals surface area contributed by atoms with Crippen molar-refractivity contribution in [3.8, 4) is 0 Å². The van der Waals surface area contributed by atoms with Crippen LogP contribution in [0.15, 0.2) is 12.4 Å². The quantitative estimate of drug-likeness (QED) is 0.895. The van der Waals surface area contributed by atoms with Crippen molar-refractivity contribution in [2.75, 3.05) is 29.1 Å². The molecule has 0 spiro atoms. The molecule has 1 aliphatic carbocycles. The van der Waals surface area contributed by atoms with Gasteiger partial charge in [-0.15, -0.1) is 0 Å². The number of anilines is 1. The normalized spacial score (nSPS) is 25.6. The standard InChI is InChI=1S/C11H17N3S2/c1-2-9(1)14-4-3-12-11(14)13-7-10-8-15-5-6-16-10/h3-4,9-10H,1-2,5-8H2,(H,12,13). The van der Waals surface area contributed by atoms with Crippen molar-refractivity contribution in [3.63, 3.8) is 0 Å². The second-order valence-electron chi connectivity index (χ2n) is 4.34. The van der Waals surface area contributed by atoms with Gasteiger partial charge < -0.3 is 9.88 Å². The van der Waals surface area contributed by atoms with Crippen LogP contribution in [0.1, 0.15) is 18.9 Å². The van der Waals surface area contributed by atoms with Gasteiger partial charge in [0, 0.05) is 47.5 Å². The summed E-state index contributed by atoms with van der Waals surface area (Å²) >= 11 is 4.17. The molecule has 88 valence electrons. The maximum absolute atomic E-state index is 4.40. The summed E-state index contributed by atoms with van der Waals surface area (Å²) in [5.74, 6) is 4.96. The van der Waals surface area contributed by atoms with E-state index in [-0.39, 0.29) is 0 Å². The number of nitrogens with zero attached hydrogens (tertiary/aromatic N) is 2. The summed E-state index contributed by atoms with van der Waals surface area (Å²) in [6.07, 6.45) is 6.64. The molecular weight excluding hydrogens is 238 g/mol. The van der Waals surface area contributed by atoms with E-state index in [0.29, 0.717) is 0 Å². The first-order valence-corrected chi connectivity index (χ1v) is 8.10. The molecular formula is C11H17N3S2. The Labute approximate surface area is 105 Å². The molecule has 0 radical (unpaired) electrons. The van der Waals surface area contributed by atoms with E-state index in [4.69, 9.17) is 0 Å². The van der Waals surface area contributed by atoms with Gasteiger partial charge in [-0.3, -0.25) is 0 Å². The van der Waals surface area contributed by atoms with Crippen LogP contribution in [0.2, 0.25) is 0 Å². The van der Waals surface area contributed by atoms with Crippen LogP contribution in [-0.2, 0) is 0 Å². The van der Waals surface area contributed by atoms with Gasteiger partial charge in [0.05, 0.1) is 0 Å². The van der Waals surface area contributed by atoms with Crippen molar-refractivity contribution in [1.29, 1.82) is 0 Å². The highest BCUT2D eigenvalue weighted by molar-refractivity contribution is 8.06. The molecule has 1 aromatic rings. The first-order valence-electron chi connectivity index (χ1n) is 5.89. The van der Waals surface area contributed by atoms with Crippen molar-refractivity contribution in [1.82, 2.24) is 9.55 Å². The molecule has 1 saturated carbocycles. The summed E-state index contributed by atoms with van der Waals surface area (Å²) in [5.41, 5.74) is 0. The van der Waals surface area contributed by atoms with E-state index in [9.17, 15) is 0 Å². The minimum absolute atomic E-state index is 0.721. The van der Waals surface area contributed by atoms with Crippen molar-refractivity contribution in [2.45, 2.75) is 24.1 Å². The largest absolute Gasteiger partial charge is 0.355 e. The summed E-state index contributed by atoms with van der Waals surface area (Å²) in [5, 5.41) is 4.25. The Balaban J connectivity index is 1.54. The van der Waals surface area contributed by atoms with E-state index in [0.717, 1.165) is 23.8 Å². The van der Waals surface area contributed by atoms with Gasteiger partial charge in [-0.05, 0) is 12.8 Å². The molecule has 1 aromatic heterocycles. The summed E-state index contributed by atoms with van der Waals surface area (Å²) in [7, 11) is 0. The maximum Gasteiger partial charge on any atom is 0.203 e. The molecule has 1 N–H and O–H groups in total.